The zero-order chi connectivity index (χ0) is 11.9. The molecule has 0 unspecified atom stereocenters. The van der Waals surface area contributed by atoms with Crippen molar-refractivity contribution in [2.24, 2.45) is 0 Å². The van der Waals surface area contributed by atoms with E-state index in [1.807, 2.05) is 0 Å². The Balaban J connectivity index is 0.000000212. The molecule has 2 aromatic heterocycles. The Morgan fingerprint density at radius 3 is 2.56 bits per heavy atom. The summed E-state index contributed by atoms with van der Waals surface area (Å²) in [5.41, 5.74) is 0. The van der Waals surface area contributed by atoms with Crippen molar-refractivity contribution in [3.05, 3.63) is 37.1 Å². The number of pyridine rings is 1. The molecule has 16 heavy (non-hydrogen) atoms. The fourth-order valence-corrected chi connectivity index (χ4v) is 1.62. The molecule has 2 aromatic rings. The maximum atomic E-state index is 11.1. The summed E-state index contributed by atoms with van der Waals surface area (Å²) in [6.07, 6.45) is 4.07. The van der Waals surface area contributed by atoms with Gasteiger partial charge >= 0.3 is 0 Å². The van der Waals surface area contributed by atoms with E-state index in [1.165, 1.54) is 25.0 Å². The molecule has 2 heterocycles. The van der Waals surface area contributed by atoms with Crippen molar-refractivity contribution in [3.8, 4) is 0 Å². The van der Waals surface area contributed by atoms with Crippen LogP contribution in [0.2, 0.25) is 0 Å². The summed E-state index contributed by atoms with van der Waals surface area (Å²) in [6.45, 7) is 1.60. The zero-order valence-electron chi connectivity index (χ0n) is 8.65. The highest BCUT2D eigenvalue weighted by Crippen LogP contribution is 2.04. The van der Waals surface area contributed by atoms with Crippen LogP contribution in [-0.4, -0.2) is 29.3 Å². The standard InChI is InChI=1S/C7H9NO2S.C2H2N2O/c1-2-11(9,10)7-5-3-4-6-8-7;1-3-2-5-4-1/h3-6H,2H2,1H3;1-2H. The van der Waals surface area contributed by atoms with Crippen LogP contribution in [0.4, 0.5) is 0 Å². The van der Waals surface area contributed by atoms with E-state index < -0.39 is 9.84 Å². The van der Waals surface area contributed by atoms with E-state index in [2.05, 4.69) is 19.6 Å². The molecule has 0 aromatic carbocycles. The number of aromatic nitrogens is 3. The molecule has 6 nitrogen and oxygen atoms in total. The molecule has 86 valence electrons. The molecular formula is C9H11N3O3S. The molecule has 0 aliphatic rings. The van der Waals surface area contributed by atoms with Crippen molar-refractivity contribution in [1.29, 1.82) is 0 Å². The predicted molar refractivity (Wildman–Crippen MR) is 56.3 cm³/mol. The summed E-state index contributed by atoms with van der Waals surface area (Å²) in [6, 6.07) is 4.85. The molecule has 0 radical (unpaired) electrons. The smallest absolute Gasteiger partial charge is 0.213 e. The van der Waals surface area contributed by atoms with Crippen molar-refractivity contribution < 1.29 is 12.9 Å². The topological polar surface area (TPSA) is 86.0 Å². The molecule has 0 atom stereocenters. The van der Waals surface area contributed by atoms with E-state index in [9.17, 15) is 8.42 Å². The monoisotopic (exact) mass is 241 g/mol. The van der Waals surface area contributed by atoms with Crippen LogP contribution in [0, 0.1) is 0 Å². The maximum absolute atomic E-state index is 11.1. The van der Waals surface area contributed by atoms with Gasteiger partial charge in [-0.05, 0) is 12.1 Å². The van der Waals surface area contributed by atoms with E-state index >= 15 is 0 Å². The van der Waals surface area contributed by atoms with Crippen molar-refractivity contribution in [2.45, 2.75) is 11.9 Å². The second-order valence-electron chi connectivity index (χ2n) is 2.65. The first-order valence-corrected chi connectivity index (χ1v) is 6.15. The van der Waals surface area contributed by atoms with E-state index in [4.69, 9.17) is 0 Å². The van der Waals surface area contributed by atoms with E-state index in [-0.39, 0.29) is 10.8 Å². The van der Waals surface area contributed by atoms with Crippen molar-refractivity contribution in [2.75, 3.05) is 5.75 Å². The van der Waals surface area contributed by atoms with Crippen LogP contribution in [0.25, 0.3) is 0 Å². The van der Waals surface area contributed by atoms with Gasteiger partial charge in [-0.25, -0.2) is 18.4 Å². The normalized spacial score (nSPS) is 10.3. The SMILES string of the molecule is CCS(=O)(=O)c1ccccn1.c1ncon1. The highest BCUT2D eigenvalue weighted by molar-refractivity contribution is 7.91. The Morgan fingerprint density at radius 2 is 2.19 bits per heavy atom. The third-order valence-electron chi connectivity index (χ3n) is 1.62. The van der Waals surface area contributed by atoms with E-state index in [0.29, 0.717) is 0 Å². The summed E-state index contributed by atoms with van der Waals surface area (Å²) < 4.78 is 26.5. The van der Waals surface area contributed by atoms with Gasteiger partial charge in [-0.15, -0.1) is 0 Å². The maximum Gasteiger partial charge on any atom is 0.213 e. The lowest BCUT2D eigenvalue weighted by atomic mass is 10.5. The Hall–Kier alpha value is -1.76. The van der Waals surface area contributed by atoms with Gasteiger partial charge in [0.15, 0.2) is 21.2 Å². The van der Waals surface area contributed by atoms with E-state index in [1.54, 1.807) is 19.1 Å². The first kappa shape index (κ1) is 12.3. The molecule has 0 spiro atoms. The molecule has 0 saturated heterocycles. The van der Waals surface area contributed by atoms with Gasteiger partial charge in [0.2, 0.25) is 6.39 Å². The number of hydrogen-bond acceptors (Lipinski definition) is 6. The van der Waals surface area contributed by atoms with Crippen LogP contribution < -0.4 is 0 Å². The molecule has 0 aliphatic carbocycles. The van der Waals surface area contributed by atoms with Crippen molar-refractivity contribution >= 4 is 9.84 Å². The van der Waals surface area contributed by atoms with Gasteiger partial charge in [0.1, 0.15) is 0 Å². The zero-order valence-corrected chi connectivity index (χ0v) is 9.46. The number of sulfone groups is 1. The molecule has 0 bridgehead atoms. The lowest BCUT2D eigenvalue weighted by Gasteiger charge is -1.96. The highest BCUT2D eigenvalue weighted by Gasteiger charge is 2.10. The minimum Gasteiger partial charge on any atom is -0.343 e. The Kier molecular flexibility index (Phi) is 4.59. The number of rotatable bonds is 2. The van der Waals surface area contributed by atoms with Crippen LogP contribution >= 0.6 is 0 Å². The van der Waals surface area contributed by atoms with Crippen LogP contribution in [0.3, 0.4) is 0 Å². The molecule has 0 saturated carbocycles. The van der Waals surface area contributed by atoms with Gasteiger partial charge < -0.3 is 4.52 Å². The summed E-state index contributed by atoms with van der Waals surface area (Å²) in [7, 11) is -3.11. The largest absolute Gasteiger partial charge is 0.343 e. The second kappa shape index (κ2) is 5.96. The van der Waals surface area contributed by atoms with Gasteiger partial charge in [0.05, 0.1) is 5.75 Å². The fourth-order valence-electron chi connectivity index (χ4n) is 0.815. The average Bonchev–Trinajstić information content (AvgIpc) is 2.89. The van der Waals surface area contributed by atoms with Crippen LogP contribution in [0.5, 0.6) is 0 Å². The third kappa shape index (κ3) is 3.77. The second-order valence-corrected chi connectivity index (χ2v) is 4.88. The van der Waals surface area contributed by atoms with Crippen molar-refractivity contribution in [1.82, 2.24) is 15.1 Å². The Bertz CT molecular complexity index is 465. The average molecular weight is 241 g/mol. The lowest BCUT2D eigenvalue weighted by Crippen LogP contribution is -2.05. The fraction of sp³-hybridized carbons (Fsp3) is 0.222. The molecule has 0 amide bonds. The minimum atomic E-state index is -3.11. The van der Waals surface area contributed by atoms with Gasteiger partial charge in [-0.3, -0.25) is 0 Å². The quantitative estimate of drug-likeness (QED) is 0.777. The van der Waals surface area contributed by atoms with E-state index in [0.717, 1.165) is 0 Å². The van der Waals surface area contributed by atoms with Crippen LogP contribution in [-0.2, 0) is 9.84 Å². The first-order valence-electron chi connectivity index (χ1n) is 4.50. The van der Waals surface area contributed by atoms with Gasteiger partial charge in [0, 0.05) is 6.20 Å². The lowest BCUT2D eigenvalue weighted by molar-refractivity contribution is 0.416. The molecule has 0 fully saturated rings. The predicted octanol–water partition coefficient (Wildman–Crippen LogP) is 0.945. The number of nitrogens with zero attached hydrogens (tertiary/aromatic N) is 3. The van der Waals surface area contributed by atoms with Crippen LogP contribution in [0.1, 0.15) is 6.92 Å². The van der Waals surface area contributed by atoms with Gasteiger partial charge in [-0.2, -0.15) is 0 Å². The summed E-state index contributed by atoms with van der Waals surface area (Å²) >= 11 is 0. The third-order valence-corrected chi connectivity index (χ3v) is 3.26. The highest BCUT2D eigenvalue weighted by atomic mass is 32.2. The van der Waals surface area contributed by atoms with Gasteiger partial charge in [-0.1, -0.05) is 18.1 Å². The minimum absolute atomic E-state index is 0.101. The Morgan fingerprint density at radius 1 is 1.38 bits per heavy atom. The summed E-state index contributed by atoms with van der Waals surface area (Å²) in [4.78, 5) is 7.18. The molecule has 0 aliphatic heterocycles. The Labute approximate surface area is 93.3 Å². The van der Waals surface area contributed by atoms with Gasteiger partial charge in [0.25, 0.3) is 0 Å². The van der Waals surface area contributed by atoms with Crippen molar-refractivity contribution in [3.63, 3.8) is 0 Å². The number of hydrogen-bond donors (Lipinski definition) is 0. The van der Waals surface area contributed by atoms with Crippen LogP contribution in [0.15, 0.2) is 46.7 Å². The molecular weight excluding hydrogens is 230 g/mol. The molecule has 7 heteroatoms. The first-order chi connectivity index (χ1) is 7.67. The summed E-state index contributed by atoms with van der Waals surface area (Å²) in [5, 5.41) is 3.39. The molecule has 2 rings (SSSR count). The molecule has 0 N–H and O–H groups in total. The summed E-state index contributed by atoms with van der Waals surface area (Å²) in [5.74, 6) is 0.101.